The van der Waals surface area contributed by atoms with Crippen molar-refractivity contribution in [3.63, 3.8) is 0 Å². The molecule has 7 N–H and O–H groups in total. The quantitative estimate of drug-likeness (QED) is 0.234. The number of carbonyl (C=O) groups is 4. The Balaban J connectivity index is 2.88. The topological polar surface area (TPSA) is 171 Å². The first kappa shape index (κ1) is 28.1. The van der Waals surface area contributed by atoms with Crippen LogP contribution < -0.4 is 21.7 Å². The van der Waals surface area contributed by atoms with Crippen molar-refractivity contribution in [3.05, 3.63) is 35.9 Å². The van der Waals surface area contributed by atoms with Crippen LogP contribution in [0, 0.1) is 11.8 Å². The smallest absolute Gasteiger partial charge is 0.328 e. The summed E-state index contributed by atoms with van der Waals surface area (Å²) in [4.78, 5) is 49.3. The average Bonchev–Trinajstić information content (AvgIpc) is 2.74. The lowest BCUT2D eigenvalue weighted by atomic mass is 9.99. The molecule has 0 fully saturated rings. The number of rotatable bonds is 13. The average molecular weight is 465 g/mol. The second kappa shape index (κ2) is 13.5. The molecule has 0 saturated heterocycles. The lowest BCUT2D eigenvalue weighted by molar-refractivity contribution is -0.143. The van der Waals surface area contributed by atoms with E-state index >= 15 is 0 Å². The Bertz CT molecular complexity index is 799. The van der Waals surface area contributed by atoms with Crippen molar-refractivity contribution in [2.24, 2.45) is 17.6 Å². The number of hydrogen-bond donors (Lipinski definition) is 6. The molecular formula is C23H36N4O6. The SMILES string of the molecule is CC(C)C[C@H](NC(=O)[C@@H](NC(=O)[C@@H](N)Cc1ccccc1)C(C)C)C(=O)N[C@@H](CO)C(=O)O. The largest absolute Gasteiger partial charge is 0.480 e. The predicted molar refractivity (Wildman–Crippen MR) is 123 cm³/mol. The van der Waals surface area contributed by atoms with Crippen LogP contribution in [0.15, 0.2) is 30.3 Å². The van der Waals surface area contributed by atoms with E-state index in [0.717, 1.165) is 5.56 Å². The van der Waals surface area contributed by atoms with Gasteiger partial charge in [-0.15, -0.1) is 0 Å². The summed E-state index contributed by atoms with van der Waals surface area (Å²) in [6, 6.07) is 4.91. The summed E-state index contributed by atoms with van der Waals surface area (Å²) in [7, 11) is 0. The lowest BCUT2D eigenvalue weighted by Crippen LogP contribution is -2.59. The first-order valence-corrected chi connectivity index (χ1v) is 11.0. The van der Waals surface area contributed by atoms with Gasteiger partial charge in [-0.05, 0) is 30.2 Å². The summed E-state index contributed by atoms with van der Waals surface area (Å²) >= 11 is 0. The van der Waals surface area contributed by atoms with Crippen molar-refractivity contribution in [3.8, 4) is 0 Å². The van der Waals surface area contributed by atoms with Gasteiger partial charge in [0.1, 0.15) is 18.1 Å². The number of benzene rings is 1. The fraction of sp³-hybridized carbons (Fsp3) is 0.565. The molecule has 0 aliphatic rings. The van der Waals surface area contributed by atoms with Crippen LogP contribution >= 0.6 is 0 Å². The molecule has 184 valence electrons. The van der Waals surface area contributed by atoms with Crippen LogP contribution in [0.25, 0.3) is 0 Å². The minimum Gasteiger partial charge on any atom is -0.480 e. The molecule has 1 aromatic rings. The molecule has 0 heterocycles. The molecule has 4 atom stereocenters. The van der Waals surface area contributed by atoms with E-state index in [0.29, 0.717) is 6.42 Å². The summed E-state index contributed by atoms with van der Waals surface area (Å²) < 4.78 is 0. The molecule has 0 aliphatic carbocycles. The molecular weight excluding hydrogens is 428 g/mol. The van der Waals surface area contributed by atoms with E-state index in [1.54, 1.807) is 13.8 Å². The first-order valence-electron chi connectivity index (χ1n) is 11.0. The number of nitrogens with one attached hydrogen (secondary N) is 3. The maximum absolute atomic E-state index is 13.0. The monoisotopic (exact) mass is 464 g/mol. The van der Waals surface area contributed by atoms with Gasteiger partial charge in [0.2, 0.25) is 17.7 Å². The summed E-state index contributed by atoms with van der Waals surface area (Å²) in [6.45, 7) is 6.40. The molecule has 0 radical (unpaired) electrons. The molecule has 1 aromatic carbocycles. The van der Waals surface area contributed by atoms with Crippen LogP contribution in [0.3, 0.4) is 0 Å². The van der Waals surface area contributed by atoms with Crippen LogP contribution in [0.5, 0.6) is 0 Å². The number of hydrogen-bond acceptors (Lipinski definition) is 6. The summed E-state index contributed by atoms with van der Waals surface area (Å²) in [5.74, 6) is -3.49. The molecule has 0 bridgehead atoms. The minimum absolute atomic E-state index is 0.00448. The fourth-order valence-corrected chi connectivity index (χ4v) is 3.18. The molecule has 1 rings (SSSR count). The minimum atomic E-state index is -1.49. The van der Waals surface area contributed by atoms with E-state index in [1.165, 1.54) is 0 Å². The molecule has 0 saturated carbocycles. The van der Waals surface area contributed by atoms with Crippen molar-refractivity contribution in [2.75, 3.05) is 6.61 Å². The first-order chi connectivity index (χ1) is 15.5. The van der Waals surface area contributed by atoms with Crippen molar-refractivity contribution < 1.29 is 29.4 Å². The number of aliphatic hydroxyl groups is 1. The highest BCUT2D eigenvalue weighted by Gasteiger charge is 2.31. The number of carboxylic acid groups (broad SMARTS) is 1. The Hall–Kier alpha value is -2.98. The number of amides is 3. The van der Waals surface area contributed by atoms with Crippen molar-refractivity contribution in [2.45, 2.75) is 64.7 Å². The third-order valence-corrected chi connectivity index (χ3v) is 5.02. The third-order valence-electron chi connectivity index (χ3n) is 5.02. The van der Waals surface area contributed by atoms with Gasteiger partial charge in [-0.2, -0.15) is 0 Å². The molecule has 0 aromatic heterocycles. The van der Waals surface area contributed by atoms with Crippen molar-refractivity contribution in [1.82, 2.24) is 16.0 Å². The Morgan fingerprint density at radius 3 is 1.94 bits per heavy atom. The van der Waals surface area contributed by atoms with E-state index in [2.05, 4.69) is 16.0 Å². The van der Waals surface area contributed by atoms with Gasteiger partial charge < -0.3 is 31.9 Å². The highest BCUT2D eigenvalue weighted by Crippen LogP contribution is 2.09. The van der Waals surface area contributed by atoms with Crippen LogP contribution in [0.2, 0.25) is 0 Å². The van der Waals surface area contributed by atoms with E-state index < -0.39 is 54.5 Å². The highest BCUT2D eigenvalue weighted by molar-refractivity contribution is 5.94. The number of nitrogens with two attached hydrogens (primary N) is 1. The van der Waals surface area contributed by atoms with E-state index in [-0.39, 0.29) is 18.3 Å². The maximum Gasteiger partial charge on any atom is 0.328 e. The summed E-state index contributed by atoms with van der Waals surface area (Å²) in [5, 5.41) is 25.7. The normalized spacial score (nSPS) is 14.8. The van der Waals surface area contributed by atoms with Crippen LogP contribution in [0.4, 0.5) is 0 Å². The van der Waals surface area contributed by atoms with Crippen LogP contribution in [-0.2, 0) is 25.6 Å². The second-order valence-electron chi connectivity index (χ2n) is 8.80. The molecule has 0 unspecified atom stereocenters. The van der Waals surface area contributed by atoms with E-state index in [4.69, 9.17) is 15.9 Å². The lowest BCUT2D eigenvalue weighted by Gasteiger charge is -2.27. The van der Waals surface area contributed by atoms with Gasteiger partial charge in [-0.1, -0.05) is 58.0 Å². The highest BCUT2D eigenvalue weighted by atomic mass is 16.4. The Kier molecular flexibility index (Phi) is 11.5. The molecule has 10 nitrogen and oxygen atoms in total. The van der Waals surface area contributed by atoms with E-state index in [1.807, 2.05) is 44.2 Å². The van der Waals surface area contributed by atoms with Crippen molar-refractivity contribution >= 4 is 23.7 Å². The Morgan fingerprint density at radius 1 is 0.879 bits per heavy atom. The molecule has 3 amide bonds. The number of carbonyl (C=O) groups excluding carboxylic acids is 3. The maximum atomic E-state index is 13.0. The zero-order valence-corrected chi connectivity index (χ0v) is 19.6. The third kappa shape index (κ3) is 9.58. The molecule has 0 spiro atoms. The number of aliphatic hydroxyl groups excluding tert-OH is 1. The second-order valence-corrected chi connectivity index (χ2v) is 8.80. The summed E-state index contributed by atoms with van der Waals surface area (Å²) in [5.41, 5.74) is 6.91. The van der Waals surface area contributed by atoms with Gasteiger partial charge in [0.25, 0.3) is 0 Å². The van der Waals surface area contributed by atoms with Gasteiger partial charge in [0, 0.05) is 0 Å². The number of aliphatic carboxylic acids is 1. The Labute approximate surface area is 194 Å². The fourth-order valence-electron chi connectivity index (χ4n) is 3.18. The van der Waals surface area contributed by atoms with Crippen LogP contribution in [0.1, 0.15) is 39.7 Å². The van der Waals surface area contributed by atoms with Gasteiger partial charge in [0.15, 0.2) is 0 Å². The summed E-state index contributed by atoms with van der Waals surface area (Å²) in [6.07, 6.45) is 0.539. The van der Waals surface area contributed by atoms with Gasteiger partial charge in [-0.25, -0.2) is 4.79 Å². The zero-order chi connectivity index (χ0) is 25.1. The van der Waals surface area contributed by atoms with Gasteiger partial charge >= 0.3 is 5.97 Å². The van der Waals surface area contributed by atoms with Gasteiger partial charge in [0.05, 0.1) is 12.6 Å². The molecule has 33 heavy (non-hydrogen) atoms. The van der Waals surface area contributed by atoms with Crippen LogP contribution in [-0.4, -0.2) is 64.7 Å². The molecule has 10 heteroatoms. The number of carboxylic acids is 1. The predicted octanol–water partition coefficient (Wildman–Crippen LogP) is -0.210. The van der Waals surface area contributed by atoms with Gasteiger partial charge in [-0.3, -0.25) is 14.4 Å². The standard InChI is InChI=1S/C23H36N4O6/c1-13(2)10-17(21(30)26-18(12-28)23(32)33)25-22(31)19(14(3)4)27-20(29)16(24)11-15-8-6-5-7-9-15/h5-9,13-14,16-19,28H,10-12,24H2,1-4H3,(H,25,31)(H,26,30)(H,27,29)(H,32,33)/t16-,17-,18-,19-/m0/s1. The van der Waals surface area contributed by atoms with E-state index in [9.17, 15) is 19.2 Å². The molecule has 0 aliphatic heterocycles. The Morgan fingerprint density at radius 2 is 1.45 bits per heavy atom. The zero-order valence-electron chi connectivity index (χ0n) is 19.6. The van der Waals surface area contributed by atoms with Crippen molar-refractivity contribution in [1.29, 1.82) is 0 Å².